The highest BCUT2D eigenvalue weighted by Gasteiger charge is 2.33. The Balaban J connectivity index is 2.83. The third-order valence-corrected chi connectivity index (χ3v) is 2.53. The van der Waals surface area contributed by atoms with Crippen LogP contribution in [0, 0.1) is 5.82 Å². The first-order valence-corrected chi connectivity index (χ1v) is 5.95. The Hall–Kier alpha value is -1.59. The Bertz CT molecular complexity index is 414. The first kappa shape index (κ1) is 15.5. The topological polar surface area (TPSA) is 20.3 Å². The molecule has 0 atom stereocenters. The number of nitrogens with zero attached hydrogens (tertiary/aromatic N) is 1. The number of hydrogen-bond acceptors (Lipinski definition) is 1. The second-order valence-electron chi connectivity index (χ2n) is 4.20. The van der Waals surface area contributed by atoms with Crippen LogP contribution >= 0.6 is 0 Å². The van der Waals surface area contributed by atoms with E-state index in [9.17, 15) is 22.4 Å². The number of halogens is 4. The summed E-state index contributed by atoms with van der Waals surface area (Å²) in [7, 11) is 0. The van der Waals surface area contributed by atoms with Gasteiger partial charge >= 0.3 is 6.18 Å². The molecule has 0 aliphatic heterocycles. The molecule has 106 valence electrons. The van der Waals surface area contributed by atoms with Crippen LogP contribution in [0.5, 0.6) is 0 Å². The van der Waals surface area contributed by atoms with Crippen molar-refractivity contribution in [1.82, 2.24) is 4.90 Å². The number of rotatable bonds is 5. The van der Waals surface area contributed by atoms with Crippen molar-refractivity contribution >= 4 is 5.91 Å². The molecule has 0 aromatic heterocycles. The standard InChI is InChI=1S/C13H15F4NO/c1-2-3-8-18(9-13(15,16)17)12(19)10-4-6-11(14)7-5-10/h4-7H,2-3,8-9H2,1H3. The smallest absolute Gasteiger partial charge is 0.330 e. The molecule has 2 nitrogen and oxygen atoms in total. The number of carbonyl (C=O) groups excluding carboxylic acids is 1. The second kappa shape index (κ2) is 6.54. The lowest BCUT2D eigenvalue weighted by Gasteiger charge is -2.23. The molecule has 1 rings (SSSR count). The minimum Gasteiger partial charge on any atom is -0.330 e. The van der Waals surface area contributed by atoms with Crippen molar-refractivity contribution in [1.29, 1.82) is 0 Å². The van der Waals surface area contributed by atoms with Gasteiger partial charge in [-0.1, -0.05) is 13.3 Å². The number of carbonyl (C=O) groups is 1. The highest BCUT2D eigenvalue weighted by Crippen LogP contribution is 2.18. The van der Waals surface area contributed by atoms with Crippen molar-refractivity contribution in [3.8, 4) is 0 Å². The van der Waals surface area contributed by atoms with Gasteiger partial charge in [0.25, 0.3) is 5.91 Å². The molecule has 1 aromatic carbocycles. The van der Waals surface area contributed by atoms with E-state index in [1.165, 1.54) is 12.1 Å². The van der Waals surface area contributed by atoms with Crippen molar-refractivity contribution in [3.05, 3.63) is 35.6 Å². The molecular formula is C13H15F4NO. The summed E-state index contributed by atoms with van der Waals surface area (Å²) in [6, 6.07) is 4.48. The lowest BCUT2D eigenvalue weighted by molar-refractivity contribution is -0.140. The van der Waals surface area contributed by atoms with Crippen LogP contribution < -0.4 is 0 Å². The maximum Gasteiger partial charge on any atom is 0.406 e. The molecule has 0 bridgehead atoms. The van der Waals surface area contributed by atoms with Crippen LogP contribution in [0.15, 0.2) is 24.3 Å². The van der Waals surface area contributed by atoms with Crippen LogP contribution in [0.3, 0.4) is 0 Å². The Morgan fingerprint density at radius 1 is 1.21 bits per heavy atom. The number of unbranched alkanes of at least 4 members (excludes halogenated alkanes) is 1. The van der Waals surface area contributed by atoms with Gasteiger partial charge in [-0.2, -0.15) is 13.2 Å². The molecule has 19 heavy (non-hydrogen) atoms. The maximum absolute atomic E-state index is 12.7. The van der Waals surface area contributed by atoms with E-state index in [0.717, 1.165) is 17.0 Å². The van der Waals surface area contributed by atoms with Crippen molar-refractivity contribution in [3.63, 3.8) is 0 Å². The molecule has 0 spiro atoms. The molecule has 0 aliphatic rings. The van der Waals surface area contributed by atoms with Crippen LogP contribution in [-0.2, 0) is 0 Å². The average Bonchev–Trinajstić information content (AvgIpc) is 2.33. The SMILES string of the molecule is CCCCN(CC(F)(F)F)C(=O)c1ccc(F)cc1. The van der Waals surface area contributed by atoms with Gasteiger partial charge in [-0.05, 0) is 30.7 Å². The van der Waals surface area contributed by atoms with Gasteiger partial charge in [0.05, 0.1) is 0 Å². The number of alkyl halides is 3. The molecule has 0 heterocycles. The zero-order chi connectivity index (χ0) is 14.5. The quantitative estimate of drug-likeness (QED) is 0.753. The van der Waals surface area contributed by atoms with Gasteiger partial charge in [0, 0.05) is 12.1 Å². The summed E-state index contributed by atoms with van der Waals surface area (Å²) in [5.41, 5.74) is 0.0572. The Morgan fingerprint density at radius 2 is 1.79 bits per heavy atom. The monoisotopic (exact) mass is 277 g/mol. The first-order valence-electron chi connectivity index (χ1n) is 5.95. The van der Waals surface area contributed by atoms with E-state index in [1.54, 1.807) is 0 Å². The zero-order valence-electron chi connectivity index (χ0n) is 10.5. The van der Waals surface area contributed by atoms with E-state index in [4.69, 9.17) is 0 Å². The lowest BCUT2D eigenvalue weighted by atomic mass is 10.2. The lowest BCUT2D eigenvalue weighted by Crippen LogP contribution is -2.39. The summed E-state index contributed by atoms with van der Waals surface area (Å²) in [5, 5.41) is 0. The largest absolute Gasteiger partial charge is 0.406 e. The van der Waals surface area contributed by atoms with Gasteiger partial charge in [0.15, 0.2) is 0 Å². The first-order chi connectivity index (χ1) is 8.83. The predicted octanol–water partition coefficient (Wildman–Crippen LogP) is 3.63. The minimum absolute atomic E-state index is 0.0339. The highest BCUT2D eigenvalue weighted by atomic mass is 19.4. The van der Waals surface area contributed by atoms with Crippen molar-refractivity contribution in [2.45, 2.75) is 25.9 Å². The summed E-state index contributed by atoms with van der Waals surface area (Å²) in [6.07, 6.45) is -3.27. The van der Waals surface area contributed by atoms with Crippen molar-refractivity contribution in [2.24, 2.45) is 0 Å². The van der Waals surface area contributed by atoms with Crippen molar-refractivity contribution in [2.75, 3.05) is 13.1 Å². The molecule has 0 aliphatic carbocycles. The van der Waals surface area contributed by atoms with Crippen LogP contribution in [0.4, 0.5) is 17.6 Å². The zero-order valence-corrected chi connectivity index (χ0v) is 10.5. The van der Waals surface area contributed by atoms with Crippen molar-refractivity contribution < 1.29 is 22.4 Å². The third kappa shape index (κ3) is 5.28. The van der Waals surface area contributed by atoms with E-state index in [2.05, 4.69) is 0 Å². The van der Waals surface area contributed by atoms with Crippen LogP contribution in [0.2, 0.25) is 0 Å². The summed E-state index contributed by atoms with van der Waals surface area (Å²) in [5.74, 6) is -1.27. The predicted molar refractivity (Wildman–Crippen MR) is 63.3 cm³/mol. The van der Waals surface area contributed by atoms with Gasteiger partial charge in [0.1, 0.15) is 12.4 Å². The fraction of sp³-hybridized carbons (Fsp3) is 0.462. The average molecular weight is 277 g/mol. The third-order valence-electron chi connectivity index (χ3n) is 2.53. The molecule has 6 heteroatoms. The molecular weight excluding hydrogens is 262 g/mol. The van der Waals surface area contributed by atoms with Crippen LogP contribution in [-0.4, -0.2) is 30.1 Å². The fourth-order valence-electron chi connectivity index (χ4n) is 1.59. The molecule has 1 aromatic rings. The molecule has 0 N–H and O–H groups in total. The van der Waals surface area contributed by atoms with Gasteiger partial charge in [0.2, 0.25) is 0 Å². The molecule has 0 saturated carbocycles. The fourth-order valence-corrected chi connectivity index (χ4v) is 1.59. The molecule has 0 saturated heterocycles. The number of hydrogen-bond donors (Lipinski definition) is 0. The molecule has 1 amide bonds. The normalized spacial score (nSPS) is 11.4. The second-order valence-corrected chi connectivity index (χ2v) is 4.20. The summed E-state index contributed by atoms with van der Waals surface area (Å²) >= 11 is 0. The Labute approximate surface area is 109 Å². The van der Waals surface area contributed by atoms with E-state index in [1.807, 2.05) is 6.92 Å². The minimum atomic E-state index is -4.44. The van der Waals surface area contributed by atoms with Crippen LogP contribution in [0.25, 0.3) is 0 Å². The van der Waals surface area contributed by atoms with E-state index in [-0.39, 0.29) is 12.1 Å². The van der Waals surface area contributed by atoms with Gasteiger partial charge < -0.3 is 4.90 Å². The molecule has 0 fully saturated rings. The van der Waals surface area contributed by atoms with E-state index < -0.39 is 24.4 Å². The van der Waals surface area contributed by atoms with E-state index >= 15 is 0 Å². The summed E-state index contributed by atoms with van der Waals surface area (Å²) in [6.45, 7) is 0.573. The Kier molecular flexibility index (Phi) is 5.32. The Morgan fingerprint density at radius 3 is 2.26 bits per heavy atom. The molecule has 0 unspecified atom stereocenters. The number of benzene rings is 1. The van der Waals surface area contributed by atoms with Gasteiger partial charge in [-0.25, -0.2) is 4.39 Å². The highest BCUT2D eigenvalue weighted by molar-refractivity contribution is 5.94. The maximum atomic E-state index is 12.7. The summed E-state index contributed by atoms with van der Waals surface area (Å²) in [4.78, 5) is 12.7. The van der Waals surface area contributed by atoms with Gasteiger partial charge in [-0.15, -0.1) is 0 Å². The van der Waals surface area contributed by atoms with Gasteiger partial charge in [-0.3, -0.25) is 4.79 Å². The summed E-state index contributed by atoms with van der Waals surface area (Å²) < 4.78 is 50.0. The van der Waals surface area contributed by atoms with E-state index in [0.29, 0.717) is 12.8 Å². The van der Waals surface area contributed by atoms with Crippen LogP contribution in [0.1, 0.15) is 30.1 Å². The molecule has 0 radical (unpaired) electrons. The number of amides is 1.